The highest BCUT2D eigenvalue weighted by Gasteiger charge is 2.24. The van der Waals surface area contributed by atoms with E-state index in [1.165, 1.54) is 32.1 Å². The van der Waals surface area contributed by atoms with Crippen LogP contribution in [0.3, 0.4) is 0 Å². The fourth-order valence-corrected chi connectivity index (χ4v) is 3.18. The van der Waals surface area contributed by atoms with Gasteiger partial charge in [-0.15, -0.1) is 12.4 Å². The quantitative estimate of drug-likeness (QED) is 0.869. The number of benzene rings is 1. The number of amides is 1. The molecule has 0 radical (unpaired) electrons. The van der Waals surface area contributed by atoms with Crippen LogP contribution in [0, 0.1) is 5.92 Å². The normalized spacial score (nSPS) is 16.9. The third-order valence-electron chi connectivity index (χ3n) is 4.13. The van der Waals surface area contributed by atoms with Gasteiger partial charge in [0.15, 0.2) is 0 Å². The molecular weight excluding hydrogens is 307 g/mol. The van der Waals surface area contributed by atoms with Crippen LogP contribution in [0.25, 0.3) is 0 Å². The molecule has 1 aromatic carbocycles. The second-order valence-corrected chi connectivity index (χ2v) is 5.98. The Kier molecular flexibility index (Phi) is 8.09. The molecule has 1 aliphatic rings. The van der Waals surface area contributed by atoms with Gasteiger partial charge in [0.2, 0.25) is 5.91 Å². The average Bonchev–Trinajstić information content (AvgIpc) is 2.48. The molecule has 3 nitrogen and oxygen atoms in total. The molecule has 1 aliphatic carbocycles. The van der Waals surface area contributed by atoms with Crippen molar-refractivity contribution in [2.75, 3.05) is 6.54 Å². The van der Waals surface area contributed by atoms with E-state index in [2.05, 4.69) is 5.32 Å². The molecule has 0 spiro atoms. The second kappa shape index (κ2) is 9.29. The molecule has 0 aliphatic heterocycles. The third kappa shape index (κ3) is 5.50. The van der Waals surface area contributed by atoms with Crippen molar-refractivity contribution in [1.29, 1.82) is 0 Å². The molecule has 1 fully saturated rings. The number of carbonyl (C=O) groups excluding carboxylic acids is 1. The van der Waals surface area contributed by atoms with Gasteiger partial charge in [-0.1, -0.05) is 49.1 Å². The van der Waals surface area contributed by atoms with E-state index < -0.39 is 0 Å². The predicted octanol–water partition coefficient (Wildman–Crippen LogP) is 3.33. The van der Waals surface area contributed by atoms with Gasteiger partial charge in [0.25, 0.3) is 0 Å². The van der Waals surface area contributed by atoms with E-state index in [0.717, 1.165) is 5.56 Å². The molecule has 118 valence electrons. The third-order valence-corrected chi connectivity index (χ3v) is 4.50. The maximum atomic E-state index is 12.2. The van der Waals surface area contributed by atoms with Crippen LogP contribution in [0.4, 0.5) is 0 Å². The summed E-state index contributed by atoms with van der Waals surface area (Å²) in [6, 6.07) is 7.57. The monoisotopic (exact) mass is 330 g/mol. The van der Waals surface area contributed by atoms with Crippen molar-refractivity contribution in [3.8, 4) is 0 Å². The lowest BCUT2D eigenvalue weighted by Gasteiger charge is -2.30. The van der Waals surface area contributed by atoms with Crippen molar-refractivity contribution < 1.29 is 4.79 Å². The summed E-state index contributed by atoms with van der Waals surface area (Å²) in [6.45, 7) is 0.513. The van der Waals surface area contributed by atoms with Gasteiger partial charge in [-0.2, -0.15) is 0 Å². The van der Waals surface area contributed by atoms with Gasteiger partial charge in [-0.25, -0.2) is 0 Å². The van der Waals surface area contributed by atoms with Crippen LogP contribution in [0.1, 0.15) is 37.7 Å². The number of rotatable bonds is 5. The van der Waals surface area contributed by atoms with E-state index in [1.807, 2.05) is 24.3 Å². The van der Waals surface area contributed by atoms with Crippen molar-refractivity contribution in [2.24, 2.45) is 11.7 Å². The van der Waals surface area contributed by atoms with Crippen molar-refractivity contribution in [1.82, 2.24) is 5.32 Å². The molecule has 1 unspecified atom stereocenters. The molecule has 5 heteroatoms. The molecule has 0 saturated heterocycles. The van der Waals surface area contributed by atoms with E-state index in [0.29, 0.717) is 23.9 Å². The Labute approximate surface area is 138 Å². The average molecular weight is 331 g/mol. The Morgan fingerprint density at radius 1 is 1.29 bits per heavy atom. The number of nitrogens with one attached hydrogen (secondary N) is 1. The molecule has 0 bridgehead atoms. The Morgan fingerprint density at radius 3 is 2.57 bits per heavy atom. The standard InChI is InChI=1S/C16H23ClN2O.ClH/c17-14-9-5-4-8-13(14)10-16(20)19-15(11-18)12-6-2-1-3-7-12;/h4-5,8-9,12,15H,1-3,6-7,10-11,18H2,(H,19,20);1H. The minimum absolute atomic E-state index is 0. The summed E-state index contributed by atoms with van der Waals surface area (Å²) in [7, 11) is 0. The van der Waals surface area contributed by atoms with Gasteiger partial charge in [0.05, 0.1) is 6.42 Å². The van der Waals surface area contributed by atoms with Crippen LogP contribution in [-0.4, -0.2) is 18.5 Å². The van der Waals surface area contributed by atoms with Gasteiger partial charge < -0.3 is 11.1 Å². The van der Waals surface area contributed by atoms with E-state index in [-0.39, 0.29) is 24.4 Å². The van der Waals surface area contributed by atoms with Gasteiger partial charge in [-0.3, -0.25) is 4.79 Å². The summed E-state index contributed by atoms with van der Waals surface area (Å²) < 4.78 is 0. The summed E-state index contributed by atoms with van der Waals surface area (Å²) in [5.41, 5.74) is 6.70. The predicted molar refractivity (Wildman–Crippen MR) is 90.0 cm³/mol. The van der Waals surface area contributed by atoms with E-state index >= 15 is 0 Å². The topological polar surface area (TPSA) is 55.1 Å². The summed E-state index contributed by atoms with van der Waals surface area (Å²) in [4.78, 5) is 12.2. The maximum absolute atomic E-state index is 12.2. The van der Waals surface area contributed by atoms with Crippen LogP contribution in [0.2, 0.25) is 5.02 Å². The number of hydrogen-bond donors (Lipinski definition) is 2. The van der Waals surface area contributed by atoms with Crippen LogP contribution < -0.4 is 11.1 Å². The van der Waals surface area contributed by atoms with Gasteiger partial charge >= 0.3 is 0 Å². The highest BCUT2D eigenvalue weighted by Crippen LogP contribution is 2.26. The molecule has 1 aromatic rings. The van der Waals surface area contributed by atoms with E-state index in [9.17, 15) is 4.79 Å². The highest BCUT2D eigenvalue weighted by molar-refractivity contribution is 6.31. The molecule has 0 heterocycles. The zero-order valence-corrected chi connectivity index (χ0v) is 13.8. The molecular formula is C16H24Cl2N2O. The molecule has 0 aromatic heterocycles. The minimum Gasteiger partial charge on any atom is -0.352 e. The largest absolute Gasteiger partial charge is 0.352 e. The fraction of sp³-hybridized carbons (Fsp3) is 0.562. The van der Waals surface area contributed by atoms with Crippen LogP contribution in [0.5, 0.6) is 0 Å². The summed E-state index contributed by atoms with van der Waals surface area (Å²) in [6.07, 6.45) is 6.48. The first-order chi connectivity index (χ1) is 9.70. The maximum Gasteiger partial charge on any atom is 0.224 e. The van der Waals surface area contributed by atoms with Crippen molar-refractivity contribution in [3.05, 3.63) is 34.9 Å². The lowest BCUT2D eigenvalue weighted by Crippen LogP contribution is -2.46. The minimum atomic E-state index is 0. The molecule has 1 amide bonds. The Hall–Kier alpha value is -0.770. The Balaban J connectivity index is 0.00000220. The second-order valence-electron chi connectivity index (χ2n) is 5.58. The smallest absolute Gasteiger partial charge is 0.224 e. The van der Waals surface area contributed by atoms with Crippen molar-refractivity contribution in [2.45, 2.75) is 44.6 Å². The summed E-state index contributed by atoms with van der Waals surface area (Å²) >= 11 is 6.08. The molecule has 1 atom stereocenters. The first-order valence-corrected chi connectivity index (χ1v) is 7.81. The summed E-state index contributed by atoms with van der Waals surface area (Å²) in [5.74, 6) is 0.545. The molecule has 1 saturated carbocycles. The van der Waals surface area contributed by atoms with Crippen LogP contribution in [0.15, 0.2) is 24.3 Å². The summed E-state index contributed by atoms with van der Waals surface area (Å²) in [5, 5.41) is 3.73. The molecule has 2 rings (SSSR count). The van der Waals surface area contributed by atoms with Crippen molar-refractivity contribution in [3.63, 3.8) is 0 Å². The SMILES string of the molecule is Cl.NCC(NC(=O)Cc1ccccc1Cl)C1CCCCC1. The van der Waals surface area contributed by atoms with Gasteiger partial charge in [0.1, 0.15) is 0 Å². The number of halogens is 2. The van der Waals surface area contributed by atoms with Crippen LogP contribution >= 0.6 is 24.0 Å². The highest BCUT2D eigenvalue weighted by atomic mass is 35.5. The van der Waals surface area contributed by atoms with Gasteiger partial charge in [-0.05, 0) is 30.4 Å². The zero-order chi connectivity index (χ0) is 14.4. The Morgan fingerprint density at radius 2 is 1.95 bits per heavy atom. The first kappa shape index (κ1) is 18.3. The molecule has 3 N–H and O–H groups in total. The molecule has 21 heavy (non-hydrogen) atoms. The Bertz CT molecular complexity index is 448. The fourth-order valence-electron chi connectivity index (χ4n) is 2.98. The zero-order valence-electron chi connectivity index (χ0n) is 12.2. The van der Waals surface area contributed by atoms with E-state index in [4.69, 9.17) is 17.3 Å². The number of hydrogen-bond acceptors (Lipinski definition) is 2. The van der Waals surface area contributed by atoms with E-state index in [1.54, 1.807) is 0 Å². The number of nitrogens with two attached hydrogens (primary N) is 1. The number of carbonyl (C=O) groups is 1. The lowest BCUT2D eigenvalue weighted by molar-refractivity contribution is -0.121. The van der Waals surface area contributed by atoms with Crippen LogP contribution in [-0.2, 0) is 11.2 Å². The van der Waals surface area contributed by atoms with Crippen molar-refractivity contribution >= 4 is 29.9 Å². The van der Waals surface area contributed by atoms with Gasteiger partial charge in [0, 0.05) is 17.6 Å². The lowest BCUT2D eigenvalue weighted by atomic mass is 9.84. The first-order valence-electron chi connectivity index (χ1n) is 7.43.